The molecule has 0 radical (unpaired) electrons. The molecule has 0 fully saturated rings. The lowest BCUT2D eigenvalue weighted by atomic mass is 10.1. The largest absolute Gasteiger partial charge is 0.480 e. The first-order valence-corrected chi connectivity index (χ1v) is 8.17. The van der Waals surface area contributed by atoms with Gasteiger partial charge in [-0.05, 0) is 30.2 Å². The summed E-state index contributed by atoms with van der Waals surface area (Å²) in [5, 5.41) is 11.5. The van der Waals surface area contributed by atoms with E-state index >= 15 is 0 Å². The first-order chi connectivity index (χ1) is 9.63. The molecule has 0 heterocycles. The van der Waals surface area contributed by atoms with Gasteiger partial charge in [0.1, 0.15) is 11.8 Å². The summed E-state index contributed by atoms with van der Waals surface area (Å²) in [5.41, 5.74) is 0. The number of carboxylic acid groups (broad SMARTS) is 1. The maximum atomic E-state index is 12.0. The molecular formula is C13H16ClNO5S. The number of hydrogen-bond donors (Lipinski definition) is 2. The fraction of sp³-hybridized carbons (Fsp3) is 0.385. The van der Waals surface area contributed by atoms with Crippen molar-refractivity contribution in [3.63, 3.8) is 0 Å². The van der Waals surface area contributed by atoms with Crippen LogP contribution in [-0.2, 0) is 19.4 Å². The van der Waals surface area contributed by atoms with Crippen LogP contribution in [0, 0.1) is 5.92 Å². The van der Waals surface area contributed by atoms with Crippen molar-refractivity contribution in [3.05, 3.63) is 29.3 Å². The van der Waals surface area contributed by atoms with Crippen molar-refractivity contribution in [1.29, 1.82) is 0 Å². The third-order valence-corrected chi connectivity index (χ3v) is 4.63. The van der Waals surface area contributed by atoms with Crippen LogP contribution in [-0.4, -0.2) is 37.2 Å². The van der Waals surface area contributed by atoms with E-state index in [9.17, 15) is 18.0 Å². The highest BCUT2D eigenvalue weighted by Gasteiger charge is 2.26. The molecule has 8 heteroatoms. The molecule has 0 spiro atoms. The van der Waals surface area contributed by atoms with Crippen LogP contribution in [0.3, 0.4) is 0 Å². The van der Waals surface area contributed by atoms with Crippen molar-refractivity contribution < 1.29 is 23.1 Å². The van der Waals surface area contributed by atoms with E-state index in [0.29, 0.717) is 5.02 Å². The van der Waals surface area contributed by atoms with Crippen LogP contribution in [0.1, 0.15) is 13.8 Å². The van der Waals surface area contributed by atoms with Gasteiger partial charge in [0, 0.05) is 5.02 Å². The summed E-state index contributed by atoms with van der Waals surface area (Å²) < 4.78 is 24.0. The highest BCUT2D eigenvalue weighted by atomic mass is 35.5. The molecule has 0 unspecified atom stereocenters. The molecule has 116 valence electrons. The molecule has 0 saturated heterocycles. The van der Waals surface area contributed by atoms with Gasteiger partial charge >= 0.3 is 5.97 Å². The molecule has 0 bridgehead atoms. The number of aliphatic carboxylic acids is 1. The lowest BCUT2D eigenvalue weighted by Crippen LogP contribution is -2.46. The zero-order valence-electron chi connectivity index (χ0n) is 11.5. The molecule has 21 heavy (non-hydrogen) atoms. The number of amides is 1. The van der Waals surface area contributed by atoms with Crippen LogP contribution in [0.15, 0.2) is 29.2 Å². The van der Waals surface area contributed by atoms with E-state index in [4.69, 9.17) is 16.7 Å². The SMILES string of the molecule is CC(C)[C@H](NC(=O)CS(=O)(=O)c1ccc(Cl)cc1)C(=O)O. The summed E-state index contributed by atoms with van der Waals surface area (Å²) in [6.45, 7) is 3.24. The average molecular weight is 334 g/mol. The molecule has 0 aliphatic carbocycles. The van der Waals surface area contributed by atoms with Gasteiger partial charge in [0.25, 0.3) is 0 Å². The maximum Gasteiger partial charge on any atom is 0.326 e. The monoisotopic (exact) mass is 333 g/mol. The minimum absolute atomic E-state index is 0.0431. The van der Waals surface area contributed by atoms with E-state index in [-0.39, 0.29) is 10.8 Å². The lowest BCUT2D eigenvalue weighted by Gasteiger charge is -2.17. The summed E-state index contributed by atoms with van der Waals surface area (Å²) in [7, 11) is -3.84. The number of rotatable bonds is 6. The van der Waals surface area contributed by atoms with Gasteiger partial charge < -0.3 is 10.4 Å². The maximum absolute atomic E-state index is 12.0. The summed E-state index contributed by atoms with van der Waals surface area (Å²) >= 11 is 5.67. The molecule has 0 aliphatic heterocycles. The van der Waals surface area contributed by atoms with Gasteiger partial charge in [-0.2, -0.15) is 0 Å². The molecule has 0 aliphatic rings. The molecule has 1 aromatic rings. The smallest absolute Gasteiger partial charge is 0.326 e. The quantitative estimate of drug-likeness (QED) is 0.818. The number of halogens is 1. The van der Waals surface area contributed by atoms with Gasteiger partial charge in [0.15, 0.2) is 9.84 Å². The van der Waals surface area contributed by atoms with Crippen LogP contribution in [0.2, 0.25) is 5.02 Å². The Labute approximate surface area is 128 Å². The van der Waals surface area contributed by atoms with Gasteiger partial charge in [-0.15, -0.1) is 0 Å². The number of carbonyl (C=O) groups is 2. The second kappa shape index (κ2) is 6.91. The Morgan fingerprint density at radius 3 is 2.19 bits per heavy atom. The van der Waals surface area contributed by atoms with Crippen LogP contribution in [0.5, 0.6) is 0 Å². The van der Waals surface area contributed by atoms with E-state index < -0.39 is 33.5 Å². The fourth-order valence-corrected chi connectivity index (χ4v) is 2.90. The predicted molar refractivity (Wildman–Crippen MR) is 77.9 cm³/mol. The van der Waals surface area contributed by atoms with Crippen molar-refractivity contribution in [2.75, 3.05) is 5.75 Å². The van der Waals surface area contributed by atoms with Crippen molar-refractivity contribution >= 4 is 33.3 Å². The molecule has 1 aromatic carbocycles. The summed E-state index contributed by atoms with van der Waals surface area (Å²) in [6, 6.07) is 4.27. The molecule has 2 N–H and O–H groups in total. The van der Waals surface area contributed by atoms with Crippen molar-refractivity contribution in [2.24, 2.45) is 5.92 Å². The highest BCUT2D eigenvalue weighted by Crippen LogP contribution is 2.15. The number of carbonyl (C=O) groups excluding carboxylic acids is 1. The number of carboxylic acids is 1. The van der Waals surface area contributed by atoms with Crippen LogP contribution >= 0.6 is 11.6 Å². The second-order valence-corrected chi connectivity index (χ2v) is 7.27. The number of nitrogens with one attached hydrogen (secondary N) is 1. The zero-order valence-corrected chi connectivity index (χ0v) is 13.1. The number of hydrogen-bond acceptors (Lipinski definition) is 4. The van der Waals surface area contributed by atoms with E-state index in [0.717, 1.165) is 0 Å². The first kappa shape index (κ1) is 17.5. The Morgan fingerprint density at radius 2 is 1.76 bits per heavy atom. The molecule has 6 nitrogen and oxygen atoms in total. The van der Waals surface area contributed by atoms with Gasteiger partial charge in [0.2, 0.25) is 5.91 Å². The third-order valence-electron chi connectivity index (χ3n) is 2.74. The Kier molecular flexibility index (Phi) is 5.74. The number of benzene rings is 1. The average Bonchev–Trinajstić information content (AvgIpc) is 2.35. The molecule has 0 saturated carbocycles. The van der Waals surface area contributed by atoms with Crippen molar-refractivity contribution in [3.8, 4) is 0 Å². The van der Waals surface area contributed by atoms with Gasteiger partial charge in [-0.3, -0.25) is 4.79 Å². The summed E-state index contributed by atoms with van der Waals surface area (Å²) in [6.07, 6.45) is 0. The molecular weight excluding hydrogens is 318 g/mol. The van der Waals surface area contributed by atoms with E-state index in [1.807, 2.05) is 0 Å². The minimum Gasteiger partial charge on any atom is -0.480 e. The Hall–Kier alpha value is -1.60. The predicted octanol–water partition coefficient (Wildman–Crippen LogP) is 1.34. The lowest BCUT2D eigenvalue weighted by molar-refractivity contribution is -0.142. The fourth-order valence-electron chi connectivity index (χ4n) is 1.63. The highest BCUT2D eigenvalue weighted by molar-refractivity contribution is 7.92. The molecule has 1 atom stereocenters. The van der Waals surface area contributed by atoms with E-state index in [1.165, 1.54) is 24.3 Å². The standard InChI is InChI=1S/C13H16ClNO5S/c1-8(2)12(13(17)18)15-11(16)7-21(19,20)10-5-3-9(14)4-6-10/h3-6,8,12H,7H2,1-2H3,(H,15,16)(H,17,18)/t12-/m0/s1. The third kappa shape index (κ3) is 5.02. The normalized spacial score (nSPS) is 13.0. The topological polar surface area (TPSA) is 101 Å². The van der Waals surface area contributed by atoms with Crippen LogP contribution < -0.4 is 5.32 Å². The number of sulfone groups is 1. The molecule has 1 amide bonds. The van der Waals surface area contributed by atoms with Gasteiger partial charge in [-0.1, -0.05) is 25.4 Å². The Bertz CT molecular complexity index is 624. The van der Waals surface area contributed by atoms with E-state index in [2.05, 4.69) is 5.32 Å². The van der Waals surface area contributed by atoms with Crippen LogP contribution in [0.25, 0.3) is 0 Å². The summed E-state index contributed by atoms with van der Waals surface area (Å²) in [4.78, 5) is 22.7. The molecule has 1 rings (SSSR count). The molecule has 0 aromatic heterocycles. The van der Waals surface area contributed by atoms with Gasteiger partial charge in [0.05, 0.1) is 4.90 Å². The minimum atomic E-state index is -3.84. The zero-order chi connectivity index (χ0) is 16.2. The van der Waals surface area contributed by atoms with Gasteiger partial charge in [-0.25, -0.2) is 13.2 Å². The van der Waals surface area contributed by atoms with Crippen molar-refractivity contribution in [2.45, 2.75) is 24.8 Å². The Balaban J connectivity index is 2.82. The second-order valence-electron chi connectivity index (χ2n) is 4.84. The van der Waals surface area contributed by atoms with Crippen molar-refractivity contribution in [1.82, 2.24) is 5.32 Å². The van der Waals surface area contributed by atoms with E-state index in [1.54, 1.807) is 13.8 Å². The summed E-state index contributed by atoms with van der Waals surface area (Å²) in [5.74, 6) is -3.23. The van der Waals surface area contributed by atoms with Crippen LogP contribution in [0.4, 0.5) is 0 Å². The first-order valence-electron chi connectivity index (χ1n) is 6.14. The Morgan fingerprint density at radius 1 is 1.24 bits per heavy atom.